The average molecular weight is 452 g/mol. The van der Waals surface area contributed by atoms with Crippen LogP contribution in [0.3, 0.4) is 0 Å². The summed E-state index contributed by atoms with van der Waals surface area (Å²) in [5, 5.41) is 1.16. The number of nitrogens with zero attached hydrogens (tertiary/aromatic N) is 3. The monoisotopic (exact) mass is 451 g/mol. The van der Waals surface area contributed by atoms with Crippen LogP contribution in [0.2, 0.25) is 0 Å². The Balaban J connectivity index is 1.56. The van der Waals surface area contributed by atoms with Gasteiger partial charge in [-0.3, -0.25) is 14.2 Å². The second-order valence-corrected chi connectivity index (χ2v) is 9.29. The molecular formula is C25H29N3O3S. The quantitative estimate of drug-likeness (QED) is 0.381. The highest BCUT2D eigenvalue weighted by atomic mass is 32.2. The van der Waals surface area contributed by atoms with Gasteiger partial charge in [0.1, 0.15) is 0 Å². The molecule has 1 saturated heterocycles. The van der Waals surface area contributed by atoms with E-state index in [9.17, 15) is 9.59 Å². The normalized spacial score (nSPS) is 16.0. The Hall–Kier alpha value is -2.64. The Labute approximate surface area is 192 Å². The van der Waals surface area contributed by atoms with E-state index in [1.165, 1.54) is 11.8 Å². The average Bonchev–Trinajstić information content (AvgIpc) is 3.32. The Morgan fingerprint density at radius 1 is 1.19 bits per heavy atom. The van der Waals surface area contributed by atoms with Crippen molar-refractivity contribution in [1.82, 2.24) is 14.5 Å². The van der Waals surface area contributed by atoms with Gasteiger partial charge in [-0.05, 0) is 44.4 Å². The molecule has 2 aromatic carbocycles. The van der Waals surface area contributed by atoms with Crippen LogP contribution in [0.15, 0.2) is 64.5 Å². The van der Waals surface area contributed by atoms with Gasteiger partial charge in [0.2, 0.25) is 5.91 Å². The molecule has 2 heterocycles. The van der Waals surface area contributed by atoms with Gasteiger partial charge in [0, 0.05) is 19.2 Å². The molecule has 3 aromatic rings. The second-order valence-electron chi connectivity index (χ2n) is 8.35. The molecule has 0 bridgehead atoms. The summed E-state index contributed by atoms with van der Waals surface area (Å²) in [6.45, 7) is 5.79. The molecular weight excluding hydrogens is 422 g/mol. The van der Waals surface area contributed by atoms with Gasteiger partial charge in [0.05, 0.1) is 29.3 Å². The number of aromatic nitrogens is 2. The zero-order chi connectivity index (χ0) is 22.5. The van der Waals surface area contributed by atoms with E-state index in [2.05, 4.69) is 0 Å². The van der Waals surface area contributed by atoms with Crippen molar-refractivity contribution in [2.45, 2.75) is 57.1 Å². The molecule has 0 aliphatic carbocycles. The van der Waals surface area contributed by atoms with Crippen molar-refractivity contribution in [2.24, 2.45) is 0 Å². The SMILES string of the molecule is CC(C)N(Cc1ccccc1)C(=O)CSc1nc2ccccc2c(=O)n1C[C@H]1CCCO1. The molecule has 1 atom stereocenters. The Morgan fingerprint density at radius 2 is 1.94 bits per heavy atom. The number of para-hydroxylation sites is 1. The van der Waals surface area contributed by atoms with Gasteiger partial charge < -0.3 is 9.64 Å². The van der Waals surface area contributed by atoms with Gasteiger partial charge in [-0.25, -0.2) is 4.98 Å². The lowest BCUT2D eigenvalue weighted by Gasteiger charge is -2.27. The second kappa shape index (κ2) is 10.3. The van der Waals surface area contributed by atoms with Crippen LogP contribution in [0, 0.1) is 0 Å². The topological polar surface area (TPSA) is 64.4 Å². The van der Waals surface area contributed by atoms with Crippen molar-refractivity contribution >= 4 is 28.6 Å². The van der Waals surface area contributed by atoms with Crippen molar-refractivity contribution in [3.05, 3.63) is 70.5 Å². The van der Waals surface area contributed by atoms with E-state index in [4.69, 9.17) is 9.72 Å². The van der Waals surface area contributed by atoms with Gasteiger partial charge in [0.15, 0.2) is 5.16 Å². The van der Waals surface area contributed by atoms with E-state index in [-0.39, 0.29) is 29.4 Å². The number of amides is 1. The summed E-state index contributed by atoms with van der Waals surface area (Å²) in [7, 11) is 0. The van der Waals surface area contributed by atoms with Crippen LogP contribution < -0.4 is 5.56 Å². The molecule has 1 aromatic heterocycles. The predicted octanol–water partition coefficient (Wildman–Crippen LogP) is 4.10. The van der Waals surface area contributed by atoms with Crippen LogP contribution in [-0.2, 0) is 22.6 Å². The van der Waals surface area contributed by atoms with Gasteiger partial charge >= 0.3 is 0 Å². The number of carbonyl (C=O) groups is 1. The molecule has 0 saturated carbocycles. The molecule has 0 N–H and O–H groups in total. The summed E-state index contributed by atoms with van der Waals surface area (Å²) >= 11 is 1.33. The fourth-order valence-electron chi connectivity index (χ4n) is 3.96. The smallest absolute Gasteiger partial charge is 0.262 e. The van der Waals surface area contributed by atoms with Crippen molar-refractivity contribution in [2.75, 3.05) is 12.4 Å². The lowest BCUT2D eigenvalue weighted by molar-refractivity contribution is -0.130. The molecule has 1 amide bonds. The first-order valence-corrected chi connectivity index (χ1v) is 12.1. The minimum Gasteiger partial charge on any atom is -0.376 e. The minimum absolute atomic E-state index is 0.0101. The Morgan fingerprint density at radius 3 is 2.66 bits per heavy atom. The maximum absolute atomic E-state index is 13.2. The van der Waals surface area contributed by atoms with Crippen LogP contribution in [0.4, 0.5) is 0 Å². The molecule has 0 unspecified atom stereocenters. The van der Waals surface area contributed by atoms with Crippen molar-refractivity contribution in [3.63, 3.8) is 0 Å². The summed E-state index contributed by atoms with van der Waals surface area (Å²) < 4.78 is 7.46. The number of rotatable bonds is 8. The fourth-order valence-corrected chi connectivity index (χ4v) is 4.85. The summed E-state index contributed by atoms with van der Waals surface area (Å²) in [5.74, 6) is 0.251. The first-order valence-electron chi connectivity index (χ1n) is 11.1. The van der Waals surface area contributed by atoms with Crippen molar-refractivity contribution in [3.8, 4) is 0 Å². The third-order valence-corrected chi connectivity index (χ3v) is 6.66. The predicted molar refractivity (Wildman–Crippen MR) is 128 cm³/mol. The number of ether oxygens (including phenoxy) is 1. The van der Waals surface area contributed by atoms with Crippen LogP contribution in [-0.4, -0.2) is 44.9 Å². The molecule has 0 spiro atoms. The maximum atomic E-state index is 13.2. The number of benzene rings is 2. The van der Waals surface area contributed by atoms with Crippen LogP contribution in [0.25, 0.3) is 10.9 Å². The van der Waals surface area contributed by atoms with Gasteiger partial charge in [-0.15, -0.1) is 0 Å². The van der Waals surface area contributed by atoms with E-state index < -0.39 is 0 Å². The molecule has 0 radical (unpaired) electrons. The lowest BCUT2D eigenvalue weighted by Crippen LogP contribution is -2.37. The standard InChI is InChI=1S/C25H29N3O3S/c1-18(2)27(15-19-9-4-3-5-10-19)23(29)17-32-25-26-22-13-7-6-12-21(22)24(30)28(25)16-20-11-8-14-31-20/h3-7,9-10,12-13,18,20H,8,11,14-17H2,1-2H3/t20-/m1/s1. The van der Waals surface area contributed by atoms with E-state index in [1.54, 1.807) is 10.6 Å². The van der Waals surface area contributed by atoms with Crippen molar-refractivity contribution in [1.29, 1.82) is 0 Å². The summed E-state index contributed by atoms with van der Waals surface area (Å²) in [5.41, 5.74) is 1.67. The minimum atomic E-state index is -0.0777. The van der Waals surface area contributed by atoms with Crippen LogP contribution in [0.1, 0.15) is 32.3 Å². The highest BCUT2D eigenvalue weighted by Crippen LogP contribution is 2.22. The Bertz CT molecular complexity index is 1120. The molecule has 168 valence electrons. The fraction of sp³-hybridized carbons (Fsp3) is 0.400. The lowest BCUT2D eigenvalue weighted by atomic mass is 10.2. The highest BCUT2D eigenvalue weighted by Gasteiger charge is 2.22. The molecule has 1 aliphatic heterocycles. The van der Waals surface area contributed by atoms with Gasteiger partial charge in [0.25, 0.3) is 5.56 Å². The maximum Gasteiger partial charge on any atom is 0.262 e. The summed E-state index contributed by atoms with van der Waals surface area (Å²) in [6, 6.07) is 17.4. The van der Waals surface area contributed by atoms with E-state index >= 15 is 0 Å². The summed E-state index contributed by atoms with van der Waals surface area (Å²) in [6.07, 6.45) is 1.95. The number of carbonyl (C=O) groups excluding carboxylic acids is 1. The zero-order valence-electron chi connectivity index (χ0n) is 18.6. The number of hydrogen-bond donors (Lipinski definition) is 0. The van der Waals surface area contributed by atoms with Gasteiger partial charge in [-0.2, -0.15) is 0 Å². The first-order chi connectivity index (χ1) is 15.5. The first kappa shape index (κ1) is 22.6. The van der Waals surface area contributed by atoms with E-state index in [0.717, 1.165) is 25.0 Å². The number of fused-ring (bicyclic) bond motifs is 1. The summed E-state index contributed by atoms with van der Waals surface area (Å²) in [4.78, 5) is 33.0. The molecule has 6 nitrogen and oxygen atoms in total. The molecule has 1 aliphatic rings. The van der Waals surface area contributed by atoms with Crippen LogP contribution in [0.5, 0.6) is 0 Å². The molecule has 7 heteroatoms. The zero-order valence-corrected chi connectivity index (χ0v) is 19.4. The van der Waals surface area contributed by atoms with Crippen molar-refractivity contribution < 1.29 is 9.53 Å². The molecule has 32 heavy (non-hydrogen) atoms. The molecule has 4 rings (SSSR count). The largest absolute Gasteiger partial charge is 0.376 e. The van der Waals surface area contributed by atoms with E-state index in [1.807, 2.05) is 67.3 Å². The molecule has 1 fully saturated rings. The van der Waals surface area contributed by atoms with E-state index in [0.29, 0.717) is 29.1 Å². The Kier molecular flexibility index (Phi) is 7.27. The number of hydrogen-bond acceptors (Lipinski definition) is 5. The highest BCUT2D eigenvalue weighted by molar-refractivity contribution is 7.99. The third-order valence-electron chi connectivity index (χ3n) is 5.70. The number of thioether (sulfide) groups is 1. The third kappa shape index (κ3) is 5.22. The van der Waals surface area contributed by atoms with Gasteiger partial charge in [-0.1, -0.05) is 54.2 Å². The van der Waals surface area contributed by atoms with Crippen LogP contribution >= 0.6 is 11.8 Å².